The van der Waals surface area contributed by atoms with Crippen LogP contribution in [0.4, 0.5) is 0 Å². The molecule has 1 unspecified atom stereocenters. The quantitative estimate of drug-likeness (QED) is 0.704. The van der Waals surface area contributed by atoms with Gasteiger partial charge in [-0.2, -0.15) is 4.98 Å². The van der Waals surface area contributed by atoms with E-state index in [4.69, 9.17) is 4.52 Å². The maximum absolute atomic E-state index is 5.07. The molecule has 0 saturated carbocycles. The second kappa shape index (κ2) is 8.48. The number of hydrogen-bond donors (Lipinski definition) is 0. The second-order valence-corrected chi connectivity index (χ2v) is 6.85. The van der Waals surface area contributed by atoms with Crippen molar-refractivity contribution in [2.45, 2.75) is 65.2 Å². The number of tetrazole rings is 1. The van der Waals surface area contributed by atoms with Crippen LogP contribution in [0.15, 0.2) is 4.52 Å². The van der Waals surface area contributed by atoms with E-state index >= 15 is 0 Å². The minimum atomic E-state index is 0.484. The predicted molar refractivity (Wildman–Crippen MR) is 91.5 cm³/mol. The smallest absolute Gasteiger partial charge is 0.223 e. The number of hydrogen-bond acceptors (Lipinski definition) is 8. The lowest BCUT2D eigenvalue weighted by molar-refractivity contribution is 0.102. The first-order chi connectivity index (χ1) is 12.2. The molecule has 3 heterocycles. The van der Waals surface area contributed by atoms with Crippen LogP contribution in [0, 0.1) is 6.92 Å². The summed E-state index contributed by atoms with van der Waals surface area (Å²) in [5.41, 5.74) is 0. The number of aromatic nitrogens is 6. The van der Waals surface area contributed by atoms with E-state index in [1.807, 2.05) is 11.6 Å². The van der Waals surface area contributed by atoms with E-state index in [1.54, 1.807) is 0 Å². The molecular weight excluding hydrogens is 320 g/mol. The Labute approximate surface area is 148 Å². The molecule has 1 atom stereocenters. The van der Waals surface area contributed by atoms with Crippen LogP contribution in [0.3, 0.4) is 0 Å². The molecule has 0 spiro atoms. The summed E-state index contributed by atoms with van der Waals surface area (Å²) in [6.45, 7) is 8.49. The highest BCUT2D eigenvalue weighted by atomic mass is 16.5. The Morgan fingerprint density at radius 1 is 1.36 bits per heavy atom. The standard InChI is InChI=1S/C16H28N8O/c1-4-5-9-24-16(18-20-21-24)12-22(3)14-7-6-8-23(10-14)11-15-17-13(2)25-19-15/h14H,4-12H2,1-3H3. The number of rotatable bonds is 8. The molecule has 1 saturated heterocycles. The van der Waals surface area contributed by atoms with Gasteiger partial charge in [-0.25, -0.2) is 4.68 Å². The fourth-order valence-electron chi connectivity index (χ4n) is 3.31. The molecule has 0 radical (unpaired) electrons. The Bertz CT molecular complexity index is 654. The average Bonchev–Trinajstić information content (AvgIpc) is 3.22. The summed E-state index contributed by atoms with van der Waals surface area (Å²) >= 11 is 0. The van der Waals surface area contributed by atoms with E-state index < -0.39 is 0 Å². The van der Waals surface area contributed by atoms with Gasteiger partial charge in [0.2, 0.25) is 5.89 Å². The van der Waals surface area contributed by atoms with Gasteiger partial charge in [-0.1, -0.05) is 18.5 Å². The third kappa shape index (κ3) is 4.82. The van der Waals surface area contributed by atoms with Crippen molar-refractivity contribution in [2.24, 2.45) is 0 Å². The molecule has 25 heavy (non-hydrogen) atoms. The Hall–Kier alpha value is -1.87. The lowest BCUT2D eigenvalue weighted by atomic mass is 10.0. The molecule has 9 heteroatoms. The van der Waals surface area contributed by atoms with Crippen LogP contribution in [0.25, 0.3) is 0 Å². The van der Waals surface area contributed by atoms with E-state index in [1.165, 1.54) is 12.8 Å². The highest BCUT2D eigenvalue weighted by molar-refractivity contribution is 4.89. The molecule has 9 nitrogen and oxygen atoms in total. The fraction of sp³-hybridized carbons (Fsp3) is 0.812. The maximum atomic E-state index is 5.07. The summed E-state index contributed by atoms with van der Waals surface area (Å²) < 4.78 is 7.01. The van der Waals surface area contributed by atoms with Crippen molar-refractivity contribution in [2.75, 3.05) is 20.1 Å². The minimum Gasteiger partial charge on any atom is -0.340 e. The van der Waals surface area contributed by atoms with Gasteiger partial charge in [-0.15, -0.1) is 5.10 Å². The van der Waals surface area contributed by atoms with Crippen LogP contribution in [0.2, 0.25) is 0 Å². The van der Waals surface area contributed by atoms with Crippen LogP contribution < -0.4 is 0 Å². The molecule has 3 rings (SSSR count). The average molecular weight is 348 g/mol. The van der Waals surface area contributed by atoms with Gasteiger partial charge in [0.1, 0.15) is 0 Å². The van der Waals surface area contributed by atoms with Crippen molar-refractivity contribution in [3.63, 3.8) is 0 Å². The van der Waals surface area contributed by atoms with Gasteiger partial charge in [0, 0.05) is 26.1 Å². The Morgan fingerprint density at radius 3 is 3.00 bits per heavy atom. The van der Waals surface area contributed by atoms with Crippen LogP contribution >= 0.6 is 0 Å². The first-order valence-corrected chi connectivity index (χ1v) is 9.12. The molecule has 1 aliphatic heterocycles. The van der Waals surface area contributed by atoms with Gasteiger partial charge in [0.15, 0.2) is 11.6 Å². The van der Waals surface area contributed by atoms with Crippen molar-refractivity contribution in [3.05, 3.63) is 17.5 Å². The van der Waals surface area contributed by atoms with E-state index in [9.17, 15) is 0 Å². The van der Waals surface area contributed by atoms with E-state index in [-0.39, 0.29) is 0 Å². The highest BCUT2D eigenvalue weighted by Gasteiger charge is 2.25. The predicted octanol–water partition coefficient (Wildman–Crippen LogP) is 1.26. The van der Waals surface area contributed by atoms with E-state index in [0.717, 1.165) is 57.2 Å². The summed E-state index contributed by atoms with van der Waals surface area (Å²) in [4.78, 5) is 9.07. The fourth-order valence-corrected chi connectivity index (χ4v) is 3.31. The van der Waals surface area contributed by atoms with Crippen LogP contribution in [-0.2, 0) is 19.6 Å². The highest BCUT2D eigenvalue weighted by Crippen LogP contribution is 2.18. The summed E-state index contributed by atoms with van der Waals surface area (Å²) in [5, 5.41) is 16.2. The molecule has 0 amide bonds. The Kier molecular flexibility index (Phi) is 6.09. The second-order valence-electron chi connectivity index (χ2n) is 6.85. The van der Waals surface area contributed by atoms with Crippen molar-refractivity contribution < 1.29 is 4.52 Å². The third-order valence-corrected chi connectivity index (χ3v) is 4.76. The van der Waals surface area contributed by atoms with Crippen molar-refractivity contribution in [1.29, 1.82) is 0 Å². The van der Waals surface area contributed by atoms with E-state index in [2.05, 4.69) is 49.4 Å². The van der Waals surface area contributed by atoms with Gasteiger partial charge in [-0.05, 0) is 43.3 Å². The Morgan fingerprint density at radius 2 is 2.24 bits per heavy atom. The zero-order valence-corrected chi connectivity index (χ0v) is 15.4. The van der Waals surface area contributed by atoms with Crippen molar-refractivity contribution in [3.8, 4) is 0 Å². The summed E-state index contributed by atoms with van der Waals surface area (Å²) in [6, 6.07) is 0.484. The van der Waals surface area contributed by atoms with Gasteiger partial charge >= 0.3 is 0 Å². The van der Waals surface area contributed by atoms with Crippen molar-refractivity contribution in [1.82, 2.24) is 40.1 Å². The molecule has 0 bridgehead atoms. The maximum Gasteiger partial charge on any atom is 0.223 e. The van der Waals surface area contributed by atoms with E-state index in [0.29, 0.717) is 11.9 Å². The molecule has 1 aliphatic rings. The largest absolute Gasteiger partial charge is 0.340 e. The third-order valence-electron chi connectivity index (χ3n) is 4.76. The first-order valence-electron chi connectivity index (χ1n) is 9.12. The topological polar surface area (TPSA) is 89.0 Å². The van der Waals surface area contributed by atoms with Gasteiger partial charge in [0.05, 0.1) is 13.1 Å². The van der Waals surface area contributed by atoms with Crippen molar-refractivity contribution >= 4 is 0 Å². The van der Waals surface area contributed by atoms with Crippen LogP contribution in [0.5, 0.6) is 0 Å². The normalized spacial score (nSPS) is 19.0. The Balaban J connectivity index is 1.54. The molecule has 0 aromatic carbocycles. The van der Waals surface area contributed by atoms with Crippen LogP contribution in [-0.4, -0.2) is 66.3 Å². The summed E-state index contributed by atoms with van der Waals surface area (Å²) in [6.07, 6.45) is 4.60. The van der Waals surface area contributed by atoms with Crippen LogP contribution in [0.1, 0.15) is 50.1 Å². The first kappa shape index (κ1) is 17.9. The lowest BCUT2D eigenvalue weighted by Gasteiger charge is -2.36. The molecule has 2 aromatic rings. The minimum absolute atomic E-state index is 0.484. The molecule has 1 fully saturated rings. The SMILES string of the molecule is CCCCn1nnnc1CN(C)C1CCCN(Cc2noc(C)n2)C1. The summed E-state index contributed by atoms with van der Waals surface area (Å²) in [5.74, 6) is 2.34. The van der Waals surface area contributed by atoms with Gasteiger partial charge < -0.3 is 4.52 Å². The molecule has 2 aromatic heterocycles. The number of nitrogens with zero attached hydrogens (tertiary/aromatic N) is 8. The number of piperidine rings is 1. The van der Waals surface area contributed by atoms with Gasteiger partial charge in [-0.3, -0.25) is 9.80 Å². The number of aryl methyl sites for hydroxylation is 2. The van der Waals surface area contributed by atoms with Gasteiger partial charge in [0.25, 0.3) is 0 Å². The number of likely N-dealkylation sites (N-methyl/N-ethyl adjacent to an activating group) is 1. The molecule has 0 aliphatic carbocycles. The monoisotopic (exact) mass is 348 g/mol. The lowest BCUT2D eigenvalue weighted by Crippen LogP contribution is -2.46. The number of likely N-dealkylation sites (tertiary alicyclic amines) is 1. The number of unbranched alkanes of at least 4 members (excludes halogenated alkanes) is 1. The molecular formula is C16H28N8O. The molecule has 0 N–H and O–H groups in total. The zero-order chi connectivity index (χ0) is 17.6. The zero-order valence-electron chi connectivity index (χ0n) is 15.4. The molecule has 138 valence electrons. The summed E-state index contributed by atoms with van der Waals surface area (Å²) in [7, 11) is 2.16.